The van der Waals surface area contributed by atoms with Crippen LogP contribution in [0.4, 0.5) is 0 Å². The summed E-state index contributed by atoms with van der Waals surface area (Å²) in [7, 11) is -2.58. The Kier molecular flexibility index (Phi) is 19.2. The standard InChI is InChI=1S/C35H34N2P2.C21H30N2P2.CH4.Ni/c1-2-36-23-38(31-12-5-3-6-13-31)25-37(26-39(24-36)32-14-7-4-8-15-32)22-30-19-18-29-17-16-27-10-9-11-28-20-21-33(30)35(29)34(27)28;1-3-22-15-16-24(20-11-7-5-8-12-20)18-23(4-2)19-25(17-22)21-13-9-6-10-14-21;;/h3-21H,2,22-26H2,1H3;5-14H,3-4,15-19H2,1-2H3;1H4;/p+4. The molecule has 0 N–H and O–H groups in total. The molecule has 2 heterocycles. The molecule has 4 unspecified atom stereocenters. The largest absolute Gasteiger partial charge is 0.268 e. The summed E-state index contributed by atoms with van der Waals surface area (Å²) in [5, 5.41) is 14.7. The van der Waals surface area contributed by atoms with Crippen molar-refractivity contribution < 1.29 is 16.5 Å². The van der Waals surface area contributed by atoms with E-state index in [1.165, 1.54) is 108 Å². The predicted molar refractivity (Wildman–Crippen MR) is 301 cm³/mol. The second kappa shape index (κ2) is 24.9. The van der Waals surface area contributed by atoms with Gasteiger partial charge in [0.2, 0.25) is 0 Å². The third-order valence-electron chi connectivity index (χ3n) is 13.7. The van der Waals surface area contributed by atoms with Crippen molar-refractivity contribution in [3.05, 3.63) is 181 Å². The third kappa shape index (κ3) is 12.4. The normalized spacial score (nSPS) is 20.5. The smallest absolute Gasteiger partial charge is 0.118 e. The van der Waals surface area contributed by atoms with E-state index in [1.54, 1.807) is 21.2 Å². The van der Waals surface area contributed by atoms with Crippen molar-refractivity contribution in [1.82, 2.24) is 19.6 Å². The summed E-state index contributed by atoms with van der Waals surface area (Å²) in [6.45, 7) is 12.8. The van der Waals surface area contributed by atoms with Crippen LogP contribution < -0.4 is 21.2 Å². The molecule has 0 radical (unpaired) electrons. The molecule has 0 aromatic heterocycles. The van der Waals surface area contributed by atoms with Crippen LogP contribution in [0.2, 0.25) is 0 Å². The van der Waals surface area contributed by atoms with Crippen molar-refractivity contribution in [3.8, 4) is 0 Å². The first-order valence-corrected chi connectivity index (χ1v) is 31.4. The first kappa shape index (κ1) is 50.7. The Hall–Kier alpha value is -3.15. The van der Waals surface area contributed by atoms with Crippen LogP contribution in [0.3, 0.4) is 0 Å². The molecule has 0 aliphatic carbocycles. The maximum absolute atomic E-state index is 2.84. The summed E-state index contributed by atoms with van der Waals surface area (Å²) in [6.07, 6.45) is 10.0. The Labute approximate surface area is 411 Å². The van der Waals surface area contributed by atoms with Crippen LogP contribution in [0.5, 0.6) is 0 Å². The van der Waals surface area contributed by atoms with Gasteiger partial charge in [0.05, 0.1) is 51.1 Å². The van der Waals surface area contributed by atoms with Crippen LogP contribution in [-0.4, -0.2) is 95.9 Å². The second-order valence-corrected chi connectivity index (χ2v) is 27.7. The summed E-state index contributed by atoms with van der Waals surface area (Å²) in [4.78, 5) is 11.1. The monoisotopic (exact) mass is 994 g/mol. The van der Waals surface area contributed by atoms with Gasteiger partial charge in [0, 0.05) is 50.6 Å². The third-order valence-corrected chi connectivity index (χ3v) is 24.9. The molecule has 66 heavy (non-hydrogen) atoms. The molecule has 8 aromatic rings. The average molecular weight is 996 g/mol. The molecule has 8 aromatic carbocycles. The SMILES string of the molecule is C.CCN1CC[PH+](c2ccccc2)CN(CC)C[PH+](c2ccccc2)C1.CCN1C[PH+](c2ccccc2)CN(Cc2ccc3ccc4cccc5ccc2c3c45)C[PH+](c2ccccc2)C1.[Ni]. The summed E-state index contributed by atoms with van der Waals surface area (Å²) >= 11 is 0. The summed E-state index contributed by atoms with van der Waals surface area (Å²) < 4.78 is 0. The van der Waals surface area contributed by atoms with Crippen LogP contribution in [0.15, 0.2) is 176 Å². The fourth-order valence-corrected chi connectivity index (χ4v) is 22.0. The molecule has 2 fully saturated rings. The molecule has 0 spiro atoms. The molecule has 2 saturated heterocycles. The van der Waals surface area contributed by atoms with Gasteiger partial charge in [-0.25, -0.2) is 14.7 Å². The molecular formula is C57H72N4NiP4+4. The van der Waals surface area contributed by atoms with Gasteiger partial charge in [-0.1, -0.05) is 156 Å². The summed E-state index contributed by atoms with van der Waals surface area (Å²) in [5.74, 6) is 0. The van der Waals surface area contributed by atoms with Crippen LogP contribution in [0, 0.1) is 0 Å². The first-order chi connectivity index (χ1) is 31.6. The zero-order valence-electron chi connectivity index (χ0n) is 38.5. The molecule has 0 bridgehead atoms. The molecule has 2 aliphatic heterocycles. The zero-order valence-corrected chi connectivity index (χ0v) is 43.5. The number of benzene rings is 8. The van der Waals surface area contributed by atoms with Gasteiger partial charge < -0.3 is 0 Å². The van der Waals surface area contributed by atoms with E-state index in [9.17, 15) is 0 Å². The zero-order chi connectivity index (χ0) is 43.7. The van der Waals surface area contributed by atoms with Gasteiger partial charge in [-0.15, -0.1) is 0 Å². The van der Waals surface area contributed by atoms with Gasteiger partial charge >= 0.3 is 0 Å². The van der Waals surface area contributed by atoms with E-state index in [1.807, 2.05) is 0 Å². The fourth-order valence-electron chi connectivity index (χ4n) is 10.1. The van der Waals surface area contributed by atoms with E-state index >= 15 is 0 Å². The van der Waals surface area contributed by atoms with Gasteiger partial charge in [0.25, 0.3) is 0 Å². The van der Waals surface area contributed by atoms with E-state index in [4.69, 9.17) is 0 Å². The molecule has 346 valence electrons. The number of hydrogen-bond acceptors (Lipinski definition) is 4. The molecule has 4 atom stereocenters. The predicted octanol–water partition coefficient (Wildman–Crippen LogP) is 11.9. The molecule has 0 amide bonds. The topological polar surface area (TPSA) is 13.0 Å². The molecular weight excluding hydrogens is 923 g/mol. The second-order valence-electron chi connectivity index (χ2n) is 17.8. The number of hydrogen-bond donors (Lipinski definition) is 0. The van der Waals surface area contributed by atoms with Crippen LogP contribution in [0.25, 0.3) is 32.3 Å². The number of rotatable bonds is 9. The Morgan fingerprint density at radius 3 is 1.18 bits per heavy atom. The van der Waals surface area contributed by atoms with Crippen LogP contribution in [0.1, 0.15) is 33.8 Å². The number of nitrogens with zero attached hydrogens (tertiary/aromatic N) is 4. The fraction of sp³-hybridized carbons (Fsp3) is 0.298. The average Bonchev–Trinajstić information content (AvgIpc) is 3.45. The van der Waals surface area contributed by atoms with E-state index in [-0.39, 0.29) is 23.9 Å². The molecule has 10 rings (SSSR count). The van der Waals surface area contributed by atoms with Gasteiger partial charge in [0.1, 0.15) is 44.0 Å². The summed E-state index contributed by atoms with van der Waals surface area (Å²) in [5.41, 5.74) is 1.47. The van der Waals surface area contributed by atoms with Crippen molar-refractivity contribution in [2.75, 3.05) is 76.3 Å². The minimum atomic E-state index is -0.750. The van der Waals surface area contributed by atoms with E-state index in [2.05, 4.69) is 216 Å². The van der Waals surface area contributed by atoms with Crippen molar-refractivity contribution in [2.24, 2.45) is 0 Å². The molecule has 0 saturated carbocycles. The van der Waals surface area contributed by atoms with Crippen molar-refractivity contribution in [3.63, 3.8) is 0 Å². The van der Waals surface area contributed by atoms with Gasteiger partial charge in [-0.2, -0.15) is 0 Å². The van der Waals surface area contributed by atoms with Gasteiger partial charge in [-0.3, -0.25) is 4.90 Å². The molecule has 2 aliphatic rings. The Balaban J connectivity index is 0.000000209. The molecule has 4 nitrogen and oxygen atoms in total. The van der Waals surface area contributed by atoms with Crippen LogP contribution >= 0.6 is 31.7 Å². The summed E-state index contributed by atoms with van der Waals surface area (Å²) in [6, 6.07) is 66.1. The van der Waals surface area contributed by atoms with Crippen molar-refractivity contribution >= 4 is 85.2 Å². The van der Waals surface area contributed by atoms with E-state index in [0.29, 0.717) is 0 Å². The molecule has 9 heteroatoms. The maximum Gasteiger partial charge on any atom is 0.118 e. The van der Waals surface area contributed by atoms with Crippen molar-refractivity contribution in [2.45, 2.75) is 34.7 Å². The Morgan fingerprint density at radius 2 is 0.727 bits per heavy atom. The minimum Gasteiger partial charge on any atom is -0.268 e. The van der Waals surface area contributed by atoms with Gasteiger partial charge in [-0.05, 0) is 93.0 Å². The Bertz CT molecular complexity index is 2590. The minimum absolute atomic E-state index is 0. The Morgan fingerprint density at radius 1 is 0.364 bits per heavy atom. The quantitative estimate of drug-likeness (QED) is 0.0811. The van der Waals surface area contributed by atoms with E-state index in [0.717, 1.165) is 13.1 Å². The van der Waals surface area contributed by atoms with Crippen molar-refractivity contribution in [1.29, 1.82) is 0 Å². The maximum atomic E-state index is 2.84. The van der Waals surface area contributed by atoms with Gasteiger partial charge in [0.15, 0.2) is 0 Å². The first-order valence-electron chi connectivity index (χ1n) is 23.7. The van der Waals surface area contributed by atoms with Crippen LogP contribution in [-0.2, 0) is 23.0 Å². The van der Waals surface area contributed by atoms with E-state index < -0.39 is 31.7 Å².